The molecule has 1 N–H and O–H groups in total. The summed E-state index contributed by atoms with van der Waals surface area (Å²) in [6, 6.07) is 3.76. The normalized spacial score (nSPS) is 17.5. The van der Waals surface area contributed by atoms with E-state index in [0.29, 0.717) is 31.2 Å². The molecule has 8 nitrogen and oxygen atoms in total. The van der Waals surface area contributed by atoms with E-state index in [1.807, 2.05) is 26.0 Å². The van der Waals surface area contributed by atoms with Crippen molar-refractivity contribution < 1.29 is 14.7 Å². The molecule has 0 spiro atoms. The van der Waals surface area contributed by atoms with Crippen LogP contribution in [0.2, 0.25) is 0 Å². The van der Waals surface area contributed by atoms with Crippen molar-refractivity contribution in [2.24, 2.45) is 0 Å². The Balaban J connectivity index is 1.80. The molecule has 2 aromatic rings. The minimum Gasteiger partial charge on any atom is -0.480 e. The predicted octanol–water partition coefficient (Wildman–Crippen LogP) is 1.40. The van der Waals surface area contributed by atoms with Crippen LogP contribution in [0.5, 0.6) is 0 Å². The van der Waals surface area contributed by atoms with Crippen molar-refractivity contribution in [3.63, 3.8) is 0 Å². The number of carbonyl (C=O) groups is 2. The molecule has 132 valence electrons. The smallest absolute Gasteiger partial charge is 0.325 e. The Morgan fingerprint density at radius 2 is 2.08 bits per heavy atom. The van der Waals surface area contributed by atoms with Gasteiger partial charge in [0.05, 0.1) is 0 Å². The maximum absolute atomic E-state index is 12.4. The summed E-state index contributed by atoms with van der Waals surface area (Å²) in [5, 5.41) is 13.4. The molecule has 1 aliphatic rings. The van der Waals surface area contributed by atoms with Crippen molar-refractivity contribution in [1.29, 1.82) is 0 Å². The first-order valence-corrected chi connectivity index (χ1v) is 8.27. The highest BCUT2D eigenvalue weighted by molar-refractivity contribution is 5.79. The Morgan fingerprint density at radius 3 is 2.72 bits per heavy atom. The van der Waals surface area contributed by atoms with Crippen LogP contribution in [0.25, 0.3) is 0 Å². The fraction of sp³-hybridized carbons (Fsp3) is 0.471. The van der Waals surface area contributed by atoms with Crippen LogP contribution in [0.3, 0.4) is 0 Å². The van der Waals surface area contributed by atoms with Gasteiger partial charge in [0.1, 0.15) is 12.4 Å². The van der Waals surface area contributed by atoms with Gasteiger partial charge in [-0.3, -0.25) is 14.6 Å². The molecule has 1 fully saturated rings. The predicted molar refractivity (Wildman–Crippen MR) is 88.8 cm³/mol. The number of aliphatic carboxylic acids is 1. The summed E-state index contributed by atoms with van der Waals surface area (Å²) in [6.45, 7) is 4.70. The third-order valence-corrected chi connectivity index (χ3v) is 4.22. The minimum absolute atomic E-state index is 0.0396. The first-order valence-electron chi connectivity index (χ1n) is 8.27. The van der Waals surface area contributed by atoms with Crippen LogP contribution in [-0.2, 0) is 22.7 Å². The van der Waals surface area contributed by atoms with E-state index in [0.717, 1.165) is 5.56 Å². The van der Waals surface area contributed by atoms with E-state index in [9.17, 15) is 9.59 Å². The molecule has 8 heteroatoms. The number of pyridine rings is 1. The molecule has 1 saturated heterocycles. The molecule has 1 unspecified atom stereocenters. The molecule has 25 heavy (non-hydrogen) atoms. The van der Waals surface area contributed by atoms with E-state index in [-0.39, 0.29) is 24.3 Å². The number of carbonyl (C=O) groups excluding carboxylic acids is 1. The Morgan fingerprint density at radius 1 is 1.36 bits per heavy atom. The number of amides is 1. The largest absolute Gasteiger partial charge is 0.480 e. The van der Waals surface area contributed by atoms with E-state index >= 15 is 0 Å². The van der Waals surface area contributed by atoms with Gasteiger partial charge in [-0.15, -0.1) is 0 Å². The summed E-state index contributed by atoms with van der Waals surface area (Å²) >= 11 is 0. The highest BCUT2D eigenvalue weighted by Crippen LogP contribution is 2.29. The Labute approximate surface area is 145 Å². The molecule has 0 aliphatic carbocycles. The van der Waals surface area contributed by atoms with Crippen LogP contribution in [0.1, 0.15) is 49.3 Å². The summed E-state index contributed by atoms with van der Waals surface area (Å²) in [6.07, 6.45) is 3.72. The topological polar surface area (TPSA) is 101 Å². The third-order valence-electron chi connectivity index (χ3n) is 4.22. The molecule has 1 aliphatic heterocycles. The average Bonchev–Trinajstić information content (AvgIpc) is 3.12. The number of hydrogen-bond donors (Lipinski definition) is 1. The number of aromatic nitrogens is 4. The van der Waals surface area contributed by atoms with Crippen LogP contribution in [-0.4, -0.2) is 48.2 Å². The number of likely N-dealkylation sites (tertiary alicyclic amines) is 1. The molecule has 1 atom stereocenters. The van der Waals surface area contributed by atoms with Crippen molar-refractivity contribution in [2.45, 2.75) is 45.2 Å². The summed E-state index contributed by atoms with van der Waals surface area (Å²) in [7, 11) is 0. The Bertz CT molecular complexity index is 772. The number of carboxylic acid groups (broad SMARTS) is 1. The van der Waals surface area contributed by atoms with Gasteiger partial charge in [-0.25, -0.2) is 9.67 Å². The minimum atomic E-state index is -0.973. The van der Waals surface area contributed by atoms with Gasteiger partial charge in [0.2, 0.25) is 5.91 Å². The number of hydrogen-bond acceptors (Lipinski definition) is 5. The first kappa shape index (κ1) is 17.1. The quantitative estimate of drug-likeness (QED) is 0.851. The second-order valence-corrected chi connectivity index (χ2v) is 6.57. The van der Waals surface area contributed by atoms with Crippen LogP contribution in [0.4, 0.5) is 0 Å². The second kappa shape index (κ2) is 7.00. The molecule has 0 saturated carbocycles. The summed E-state index contributed by atoms with van der Waals surface area (Å²) in [4.78, 5) is 33.8. The Kier molecular flexibility index (Phi) is 4.78. The molecule has 3 rings (SSSR count). The number of carboxylic acids is 1. The molecular formula is C17H21N5O3. The maximum atomic E-state index is 12.4. The van der Waals surface area contributed by atoms with E-state index in [4.69, 9.17) is 5.11 Å². The summed E-state index contributed by atoms with van der Waals surface area (Å²) < 4.78 is 1.42. The fourth-order valence-electron chi connectivity index (χ4n) is 2.97. The lowest BCUT2D eigenvalue weighted by Gasteiger charge is -2.16. The Hall–Kier alpha value is -2.77. The van der Waals surface area contributed by atoms with Crippen molar-refractivity contribution in [2.75, 3.05) is 6.54 Å². The van der Waals surface area contributed by atoms with Gasteiger partial charge in [0, 0.05) is 43.7 Å². The lowest BCUT2D eigenvalue weighted by atomic mass is 10.1. The lowest BCUT2D eigenvalue weighted by molar-refractivity contribution is -0.138. The van der Waals surface area contributed by atoms with Gasteiger partial charge in [-0.1, -0.05) is 13.8 Å². The summed E-state index contributed by atoms with van der Waals surface area (Å²) in [5.41, 5.74) is 1.01. The zero-order valence-corrected chi connectivity index (χ0v) is 14.3. The monoisotopic (exact) mass is 343 g/mol. The highest BCUT2D eigenvalue weighted by atomic mass is 16.4. The third kappa shape index (κ3) is 3.84. The van der Waals surface area contributed by atoms with Crippen LogP contribution in [0, 0.1) is 0 Å². The zero-order chi connectivity index (χ0) is 18.0. The molecule has 0 radical (unpaired) electrons. The van der Waals surface area contributed by atoms with Crippen LogP contribution < -0.4 is 0 Å². The summed E-state index contributed by atoms with van der Waals surface area (Å²) in [5.74, 6) is 0.206. The van der Waals surface area contributed by atoms with Gasteiger partial charge < -0.3 is 10.0 Å². The van der Waals surface area contributed by atoms with Gasteiger partial charge in [-0.2, -0.15) is 5.10 Å². The molecule has 0 aromatic carbocycles. The van der Waals surface area contributed by atoms with Crippen molar-refractivity contribution >= 4 is 11.9 Å². The maximum Gasteiger partial charge on any atom is 0.325 e. The second-order valence-electron chi connectivity index (χ2n) is 6.57. The van der Waals surface area contributed by atoms with E-state index < -0.39 is 5.97 Å². The van der Waals surface area contributed by atoms with Crippen molar-refractivity contribution in [3.8, 4) is 0 Å². The van der Waals surface area contributed by atoms with E-state index in [2.05, 4.69) is 15.1 Å². The van der Waals surface area contributed by atoms with E-state index in [1.54, 1.807) is 17.3 Å². The standard InChI is InChI=1S/C17H21N5O3/c1-11(2)16-19-17(22(20-16)10-15(24)25)13-7-14(23)21(9-13)8-12-3-5-18-6-4-12/h3-6,11,13H,7-10H2,1-2H3,(H,24,25). The van der Waals surface area contributed by atoms with Crippen molar-refractivity contribution in [1.82, 2.24) is 24.6 Å². The molecule has 0 bridgehead atoms. The number of rotatable bonds is 6. The van der Waals surface area contributed by atoms with Gasteiger partial charge in [-0.05, 0) is 17.7 Å². The molecule has 2 aromatic heterocycles. The van der Waals surface area contributed by atoms with Crippen molar-refractivity contribution in [3.05, 3.63) is 41.7 Å². The fourth-order valence-corrected chi connectivity index (χ4v) is 2.97. The zero-order valence-electron chi connectivity index (χ0n) is 14.3. The van der Waals surface area contributed by atoms with Gasteiger partial charge in [0.25, 0.3) is 0 Å². The molecule has 1 amide bonds. The van der Waals surface area contributed by atoms with Gasteiger partial charge in [0.15, 0.2) is 5.82 Å². The van der Waals surface area contributed by atoms with Crippen LogP contribution in [0.15, 0.2) is 24.5 Å². The van der Waals surface area contributed by atoms with Crippen LogP contribution >= 0.6 is 0 Å². The lowest BCUT2D eigenvalue weighted by Crippen LogP contribution is -2.25. The highest BCUT2D eigenvalue weighted by Gasteiger charge is 2.34. The average molecular weight is 343 g/mol. The molecular weight excluding hydrogens is 322 g/mol. The SMILES string of the molecule is CC(C)c1nc(C2CC(=O)N(Cc3ccncc3)C2)n(CC(=O)O)n1. The van der Waals surface area contributed by atoms with E-state index in [1.165, 1.54) is 4.68 Å². The first-order chi connectivity index (χ1) is 11.9. The van der Waals surface area contributed by atoms with Gasteiger partial charge >= 0.3 is 5.97 Å². The molecule has 3 heterocycles. The number of nitrogens with zero attached hydrogens (tertiary/aromatic N) is 5.